The zero-order chi connectivity index (χ0) is 15.7. The summed E-state index contributed by atoms with van der Waals surface area (Å²) in [6.45, 7) is 9.29. The van der Waals surface area contributed by atoms with Crippen molar-refractivity contribution >= 4 is 11.7 Å². The number of hydrogen-bond donors (Lipinski definition) is 2. The number of pyridine rings is 1. The molecule has 0 unspecified atom stereocenters. The Kier molecular flexibility index (Phi) is 7.75. The van der Waals surface area contributed by atoms with Gasteiger partial charge in [0.15, 0.2) is 0 Å². The lowest BCUT2D eigenvalue weighted by Crippen LogP contribution is -2.35. The molecule has 0 spiro atoms. The van der Waals surface area contributed by atoms with Gasteiger partial charge in [0.2, 0.25) is 5.91 Å². The number of rotatable bonds is 9. The Bertz CT molecular complexity index is 417. The molecule has 0 fully saturated rings. The molecule has 0 atom stereocenters. The van der Waals surface area contributed by atoms with Gasteiger partial charge in [0, 0.05) is 26.3 Å². The SMILES string of the molecule is CCCNC(=O)CN(C)c1ccc(CNCC(C)C)cn1. The Labute approximate surface area is 128 Å². The number of hydrogen-bond acceptors (Lipinski definition) is 4. The lowest BCUT2D eigenvalue weighted by atomic mass is 10.2. The Morgan fingerprint density at radius 3 is 2.71 bits per heavy atom. The van der Waals surface area contributed by atoms with Gasteiger partial charge in [0.1, 0.15) is 5.82 Å². The fourth-order valence-corrected chi connectivity index (χ4v) is 1.87. The average molecular weight is 292 g/mol. The number of nitrogens with one attached hydrogen (secondary N) is 2. The predicted molar refractivity (Wildman–Crippen MR) is 87.4 cm³/mol. The summed E-state index contributed by atoms with van der Waals surface area (Å²) < 4.78 is 0. The van der Waals surface area contributed by atoms with Crippen molar-refractivity contribution in [1.82, 2.24) is 15.6 Å². The first kappa shape index (κ1) is 17.4. The summed E-state index contributed by atoms with van der Waals surface area (Å²) in [6, 6.07) is 4.01. The van der Waals surface area contributed by atoms with Gasteiger partial charge in [-0.1, -0.05) is 26.8 Å². The number of carbonyl (C=O) groups is 1. The molecule has 0 saturated carbocycles. The molecule has 1 rings (SSSR count). The number of anilines is 1. The third kappa shape index (κ3) is 7.09. The molecule has 21 heavy (non-hydrogen) atoms. The number of nitrogens with zero attached hydrogens (tertiary/aromatic N) is 2. The fraction of sp³-hybridized carbons (Fsp3) is 0.625. The molecule has 0 radical (unpaired) electrons. The molecule has 5 nitrogen and oxygen atoms in total. The summed E-state index contributed by atoms with van der Waals surface area (Å²) in [6.07, 6.45) is 2.81. The van der Waals surface area contributed by atoms with E-state index in [4.69, 9.17) is 0 Å². The van der Waals surface area contributed by atoms with E-state index in [9.17, 15) is 4.79 Å². The first-order valence-corrected chi connectivity index (χ1v) is 7.66. The standard InChI is InChI=1S/C16H28N4O/c1-5-8-18-16(21)12-20(4)15-7-6-14(11-19-15)10-17-9-13(2)3/h6-7,11,13,17H,5,8-10,12H2,1-4H3,(H,18,21). The van der Waals surface area contributed by atoms with Crippen LogP contribution in [0.1, 0.15) is 32.8 Å². The van der Waals surface area contributed by atoms with Gasteiger partial charge >= 0.3 is 0 Å². The van der Waals surface area contributed by atoms with Crippen LogP contribution in [0.5, 0.6) is 0 Å². The van der Waals surface area contributed by atoms with Crippen LogP contribution in [-0.4, -0.2) is 37.6 Å². The third-order valence-corrected chi connectivity index (χ3v) is 3.03. The second-order valence-corrected chi connectivity index (χ2v) is 5.76. The zero-order valence-corrected chi connectivity index (χ0v) is 13.6. The van der Waals surface area contributed by atoms with E-state index in [0.29, 0.717) is 12.5 Å². The first-order valence-electron chi connectivity index (χ1n) is 7.66. The van der Waals surface area contributed by atoms with E-state index in [2.05, 4.69) is 35.5 Å². The van der Waals surface area contributed by atoms with Gasteiger partial charge in [0.25, 0.3) is 0 Å². The van der Waals surface area contributed by atoms with Crippen molar-refractivity contribution in [2.45, 2.75) is 33.7 Å². The van der Waals surface area contributed by atoms with Crippen LogP contribution in [0.15, 0.2) is 18.3 Å². The Hall–Kier alpha value is -1.62. The number of carbonyl (C=O) groups excluding carboxylic acids is 1. The Morgan fingerprint density at radius 1 is 1.38 bits per heavy atom. The summed E-state index contributed by atoms with van der Waals surface area (Å²) >= 11 is 0. The topological polar surface area (TPSA) is 57.3 Å². The van der Waals surface area contributed by atoms with Crippen molar-refractivity contribution in [1.29, 1.82) is 0 Å². The highest BCUT2D eigenvalue weighted by Gasteiger charge is 2.07. The van der Waals surface area contributed by atoms with Crippen molar-refractivity contribution in [3.8, 4) is 0 Å². The van der Waals surface area contributed by atoms with Crippen LogP contribution in [-0.2, 0) is 11.3 Å². The first-order chi connectivity index (χ1) is 10.0. The van der Waals surface area contributed by atoms with Gasteiger partial charge in [-0.15, -0.1) is 0 Å². The molecule has 0 aliphatic rings. The molecular formula is C16H28N4O. The molecule has 1 aromatic heterocycles. The molecule has 0 aliphatic carbocycles. The van der Waals surface area contributed by atoms with Crippen LogP contribution in [0.3, 0.4) is 0 Å². The summed E-state index contributed by atoms with van der Waals surface area (Å²) in [4.78, 5) is 17.9. The van der Waals surface area contributed by atoms with Crippen LogP contribution >= 0.6 is 0 Å². The molecule has 0 aliphatic heterocycles. The van der Waals surface area contributed by atoms with E-state index in [0.717, 1.165) is 37.4 Å². The van der Waals surface area contributed by atoms with Gasteiger partial charge in [-0.2, -0.15) is 0 Å². The van der Waals surface area contributed by atoms with E-state index in [-0.39, 0.29) is 5.91 Å². The highest BCUT2D eigenvalue weighted by atomic mass is 16.2. The molecule has 5 heteroatoms. The van der Waals surface area contributed by atoms with Gasteiger partial charge < -0.3 is 15.5 Å². The molecule has 1 aromatic rings. The fourth-order valence-electron chi connectivity index (χ4n) is 1.87. The number of likely N-dealkylation sites (N-methyl/N-ethyl adjacent to an activating group) is 1. The lowest BCUT2D eigenvalue weighted by molar-refractivity contribution is -0.119. The largest absolute Gasteiger partial charge is 0.355 e. The van der Waals surface area contributed by atoms with Crippen molar-refractivity contribution in [3.63, 3.8) is 0 Å². The minimum atomic E-state index is 0.0313. The van der Waals surface area contributed by atoms with E-state index < -0.39 is 0 Å². The highest BCUT2D eigenvalue weighted by molar-refractivity contribution is 5.80. The van der Waals surface area contributed by atoms with Gasteiger partial charge in [-0.05, 0) is 30.5 Å². The Balaban J connectivity index is 2.43. The molecule has 1 heterocycles. The predicted octanol–water partition coefficient (Wildman–Crippen LogP) is 1.79. The van der Waals surface area contributed by atoms with Gasteiger partial charge in [0.05, 0.1) is 6.54 Å². The van der Waals surface area contributed by atoms with E-state index in [1.807, 2.05) is 31.1 Å². The molecular weight excluding hydrogens is 264 g/mol. The maximum absolute atomic E-state index is 11.7. The zero-order valence-electron chi connectivity index (χ0n) is 13.6. The van der Waals surface area contributed by atoms with Crippen LogP contribution in [0.25, 0.3) is 0 Å². The van der Waals surface area contributed by atoms with Crippen LogP contribution < -0.4 is 15.5 Å². The molecule has 0 bridgehead atoms. The van der Waals surface area contributed by atoms with Crippen molar-refractivity contribution in [2.24, 2.45) is 5.92 Å². The normalized spacial score (nSPS) is 10.7. The Morgan fingerprint density at radius 2 is 2.14 bits per heavy atom. The average Bonchev–Trinajstić information content (AvgIpc) is 2.45. The maximum atomic E-state index is 11.7. The van der Waals surface area contributed by atoms with Crippen LogP contribution in [0.2, 0.25) is 0 Å². The number of amides is 1. The van der Waals surface area contributed by atoms with Crippen LogP contribution in [0.4, 0.5) is 5.82 Å². The van der Waals surface area contributed by atoms with E-state index >= 15 is 0 Å². The molecule has 0 saturated heterocycles. The maximum Gasteiger partial charge on any atom is 0.239 e. The number of aromatic nitrogens is 1. The van der Waals surface area contributed by atoms with Gasteiger partial charge in [-0.25, -0.2) is 4.98 Å². The molecule has 1 amide bonds. The molecule has 0 aromatic carbocycles. The minimum absolute atomic E-state index is 0.0313. The third-order valence-electron chi connectivity index (χ3n) is 3.03. The van der Waals surface area contributed by atoms with Crippen LogP contribution in [0, 0.1) is 5.92 Å². The smallest absolute Gasteiger partial charge is 0.239 e. The molecule has 2 N–H and O–H groups in total. The highest BCUT2D eigenvalue weighted by Crippen LogP contribution is 2.09. The van der Waals surface area contributed by atoms with Gasteiger partial charge in [-0.3, -0.25) is 4.79 Å². The van der Waals surface area contributed by atoms with E-state index in [1.165, 1.54) is 0 Å². The van der Waals surface area contributed by atoms with Crippen molar-refractivity contribution in [2.75, 3.05) is 31.6 Å². The second-order valence-electron chi connectivity index (χ2n) is 5.76. The van der Waals surface area contributed by atoms with Crippen molar-refractivity contribution < 1.29 is 4.79 Å². The summed E-state index contributed by atoms with van der Waals surface area (Å²) in [5, 5.41) is 6.25. The lowest BCUT2D eigenvalue weighted by Gasteiger charge is -2.18. The molecule has 118 valence electrons. The summed E-state index contributed by atoms with van der Waals surface area (Å²) in [5.74, 6) is 1.49. The summed E-state index contributed by atoms with van der Waals surface area (Å²) in [7, 11) is 1.88. The quantitative estimate of drug-likeness (QED) is 0.728. The monoisotopic (exact) mass is 292 g/mol. The minimum Gasteiger partial charge on any atom is -0.355 e. The second kappa shape index (κ2) is 9.34. The van der Waals surface area contributed by atoms with E-state index in [1.54, 1.807) is 0 Å². The summed E-state index contributed by atoms with van der Waals surface area (Å²) in [5.41, 5.74) is 1.16. The van der Waals surface area contributed by atoms with Crippen molar-refractivity contribution in [3.05, 3.63) is 23.9 Å².